The number of amides is 1. The van der Waals surface area contributed by atoms with E-state index in [4.69, 9.17) is 9.47 Å². The number of thiazole rings is 1. The minimum atomic E-state index is -3.45. The number of sulfonamides is 1. The molecular formula is C24H29N7O5S2. The highest BCUT2D eigenvalue weighted by Crippen LogP contribution is 2.31. The molecule has 5 rings (SSSR count). The molecule has 1 saturated heterocycles. The van der Waals surface area contributed by atoms with Crippen LogP contribution in [0.5, 0.6) is 5.88 Å². The molecule has 2 fully saturated rings. The molecule has 4 heterocycles. The summed E-state index contributed by atoms with van der Waals surface area (Å²) in [7, 11) is -1.47. The summed E-state index contributed by atoms with van der Waals surface area (Å²) >= 11 is 1.18. The number of nitrogens with zero attached hydrogens (tertiary/aromatic N) is 5. The molecule has 202 valence electrons. The van der Waals surface area contributed by atoms with Crippen LogP contribution in [0.1, 0.15) is 41.3 Å². The van der Waals surface area contributed by atoms with E-state index in [9.17, 15) is 13.2 Å². The highest BCUT2D eigenvalue weighted by Gasteiger charge is 2.36. The molecule has 2 aliphatic rings. The predicted molar refractivity (Wildman–Crippen MR) is 142 cm³/mol. The van der Waals surface area contributed by atoms with Crippen molar-refractivity contribution in [1.29, 1.82) is 0 Å². The first-order valence-corrected chi connectivity index (χ1v) is 14.7. The number of aromatic nitrogens is 4. The van der Waals surface area contributed by atoms with Gasteiger partial charge in [0.15, 0.2) is 5.01 Å². The van der Waals surface area contributed by atoms with Gasteiger partial charge in [-0.25, -0.2) is 18.4 Å². The van der Waals surface area contributed by atoms with Gasteiger partial charge in [-0.1, -0.05) is 0 Å². The molecule has 0 bridgehead atoms. The Morgan fingerprint density at radius 3 is 2.89 bits per heavy atom. The summed E-state index contributed by atoms with van der Waals surface area (Å²) in [6.45, 7) is 4.15. The third kappa shape index (κ3) is 6.26. The minimum absolute atomic E-state index is 0.239. The Labute approximate surface area is 224 Å². The Morgan fingerprint density at radius 2 is 2.13 bits per heavy atom. The fraction of sp³-hybridized carbons (Fsp3) is 0.458. The number of hydrogen-bond donors (Lipinski definition) is 2. The second kappa shape index (κ2) is 11.3. The van der Waals surface area contributed by atoms with Gasteiger partial charge in [0.2, 0.25) is 15.9 Å². The van der Waals surface area contributed by atoms with Gasteiger partial charge in [-0.05, 0) is 38.9 Å². The Bertz CT molecular complexity index is 1400. The van der Waals surface area contributed by atoms with Crippen molar-refractivity contribution >= 4 is 33.0 Å². The number of pyridine rings is 1. The summed E-state index contributed by atoms with van der Waals surface area (Å²) in [5, 5.41) is 2.90. The molecular weight excluding hydrogens is 530 g/mol. The van der Waals surface area contributed by atoms with Gasteiger partial charge < -0.3 is 19.7 Å². The van der Waals surface area contributed by atoms with Gasteiger partial charge >= 0.3 is 0 Å². The average molecular weight is 560 g/mol. The number of morpholine rings is 1. The zero-order valence-electron chi connectivity index (χ0n) is 21.0. The lowest BCUT2D eigenvalue weighted by atomic mass is 10.0. The molecule has 12 nitrogen and oxygen atoms in total. The number of anilines is 1. The third-order valence-corrected chi connectivity index (χ3v) is 9.02. The third-order valence-electron chi connectivity index (χ3n) is 6.14. The van der Waals surface area contributed by atoms with E-state index < -0.39 is 28.1 Å². The van der Waals surface area contributed by atoms with Crippen LogP contribution in [0.3, 0.4) is 0 Å². The summed E-state index contributed by atoms with van der Waals surface area (Å²) in [5.41, 5.74) is 1.44. The lowest BCUT2D eigenvalue weighted by Gasteiger charge is -2.35. The van der Waals surface area contributed by atoms with Gasteiger partial charge in [0.25, 0.3) is 5.91 Å². The van der Waals surface area contributed by atoms with Crippen LogP contribution in [0.15, 0.2) is 36.9 Å². The quantitative estimate of drug-likeness (QED) is 0.378. The smallest absolute Gasteiger partial charge is 0.280 e. The van der Waals surface area contributed by atoms with Crippen molar-refractivity contribution in [3.05, 3.63) is 47.6 Å². The molecule has 2 atom stereocenters. The Balaban J connectivity index is 1.38. The number of carbonyl (C=O) groups excluding carboxylic acids is 1. The van der Waals surface area contributed by atoms with E-state index in [1.165, 1.54) is 23.7 Å². The van der Waals surface area contributed by atoms with Crippen molar-refractivity contribution in [1.82, 2.24) is 30.2 Å². The zero-order chi connectivity index (χ0) is 26.7. The van der Waals surface area contributed by atoms with Crippen LogP contribution in [0.4, 0.5) is 5.69 Å². The molecule has 38 heavy (non-hydrogen) atoms. The maximum atomic E-state index is 13.3. The number of carbonyl (C=O) groups is 1. The van der Waals surface area contributed by atoms with Gasteiger partial charge in [0.1, 0.15) is 5.69 Å². The summed E-state index contributed by atoms with van der Waals surface area (Å²) in [6, 6.07) is 2.61. The molecule has 3 aromatic heterocycles. The van der Waals surface area contributed by atoms with Gasteiger partial charge in [0, 0.05) is 25.5 Å². The lowest BCUT2D eigenvalue weighted by Crippen LogP contribution is -2.48. The number of rotatable bonds is 10. The van der Waals surface area contributed by atoms with Crippen LogP contribution < -0.4 is 14.8 Å². The molecule has 14 heteroatoms. The van der Waals surface area contributed by atoms with E-state index in [1.54, 1.807) is 24.5 Å². The minimum Gasteiger partial charge on any atom is -0.477 e. The molecule has 3 aromatic rings. The van der Waals surface area contributed by atoms with Crippen LogP contribution in [0.2, 0.25) is 0 Å². The Kier molecular flexibility index (Phi) is 7.83. The maximum absolute atomic E-state index is 13.3. The fourth-order valence-corrected chi connectivity index (χ4v) is 6.22. The van der Waals surface area contributed by atoms with Crippen LogP contribution in [-0.4, -0.2) is 83.9 Å². The monoisotopic (exact) mass is 559 g/mol. The van der Waals surface area contributed by atoms with Crippen molar-refractivity contribution in [3.63, 3.8) is 0 Å². The van der Waals surface area contributed by atoms with E-state index in [-0.39, 0.29) is 10.3 Å². The Morgan fingerprint density at radius 1 is 1.29 bits per heavy atom. The number of likely N-dealkylation sites (N-methyl/N-ethyl adjacent to an activating group) is 1. The van der Waals surface area contributed by atoms with Gasteiger partial charge in [0.05, 0.1) is 59.3 Å². The van der Waals surface area contributed by atoms with Gasteiger partial charge in [-0.2, -0.15) is 0 Å². The normalized spacial score (nSPS) is 19.1. The van der Waals surface area contributed by atoms with E-state index in [1.807, 2.05) is 14.0 Å². The van der Waals surface area contributed by atoms with Crippen molar-refractivity contribution < 1.29 is 22.7 Å². The van der Waals surface area contributed by atoms with Crippen molar-refractivity contribution in [3.8, 4) is 16.5 Å². The first-order valence-electron chi connectivity index (χ1n) is 12.3. The summed E-state index contributed by atoms with van der Waals surface area (Å²) in [5.74, 6) is -0.00550. The van der Waals surface area contributed by atoms with Crippen molar-refractivity contribution in [2.45, 2.75) is 37.2 Å². The number of nitrogens with one attached hydrogen (secondary N) is 2. The van der Waals surface area contributed by atoms with Crippen molar-refractivity contribution in [2.75, 3.05) is 38.1 Å². The standard InChI is InChI=1S/C24H29N7O5S2/c1-3-35-21-13-25-11-18(28-21)20-12-27-24(37-20)23(32)29-22(19-14-31(2)8-9-36-19)17-10-15(6-7-26-17)30-38(33,34)16-4-5-16/h6-7,10-13,16,19,22H,3-5,8-9,14H2,1-2H3,(H,26,30)(H,29,32)/t19-,22+/m0/s1. The molecule has 1 amide bonds. The molecule has 0 aromatic carbocycles. The second-order valence-corrected chi connectivity index (χ2v) is 12.1. The van der Waals surface area contributed by atoms with E-state index >= 15 is 0 Å². The summed E-state index contributed by atoms with van der Waals surface area (Å²) in [4.78, 5) is 33.5. The van der Waals surface area contributed by atoms with E-state index in [0.717, 1.165) is 6.54 Å². The predicted octanol–water partition coefficient (Wildman–Crippen LogP) is 2.10. The molecule has 0 spiro atoms. The first-order chi connectivity index (χ1) is 18.3. The van der Waals surface area contributed by atoms with Crippen LogP contribution >= 0.6 is 11.3 Å². The zero-order valence-corrected chi connectivity index (χ0v) is 22.7. The highest BCUT2D eigenvalue weighted by molar-refractivity contribution is 7.93. The van der Waals surface area contributed by atoms with Gasteiger partial charge in [-0.3, -0.25) is 19.5 Å². The topological polar surface area (TPSA) is 149 Å². The summed E-state index contributed by atoms with van der Waals surface area (Å²) in [6.07, 6.45) is 7.14. The highest BCUT2D eigenvalue weighted by atomic mass is 32.2. The molecule has 0 unspecified atom stereocenters. The van der Waals surface area contributed by atoms with Crippen LogP contribution in [0, 0.1) is 0 Å². The lowest BCUT2D eigenvalue weighted by molar-refractivity contribution is -0.0387. The van der Waals surface area contributed by atoms with E-state index in [2.05, 4.69) is 34.9 Å². The molecule has 1 aliphatic heterocycles. The fourth-order valence-electron chi connectivity index (χ4n) is 4.06. The first kappa shape index (κ1) is 26.4. The van der Waals surface area contributed by atoms with Gasteiger partial charge in [-0.15, -0.1) is 11.3 Å². The van der Waals surface area contributed by atoms with Crippen molar-refractivity contribution in [2.24, 2.45) is 0 Å². The maximum Gasteiger partial charge on any atom is 0.280 e. The van der Waals surface area contributed by atoms with E-state index in [0.29, 0.717) is 60.4 Å². The SMILES string of the molecule is CCOc1cncc(-c2cnc(C(=O)N[C@H](c3cc(NS(=O)(=O)C4CC4)ccn3)[C@@H]3CN(C)CCO3)s2)n1. The largest absolute Gasteiger partial charge is 0.477 e. The van der Waals surface area contributed by atoms with Crippen LogP contribution in [-0.2, 0) is 14.8 Å². The molecule has 0 radical (unpaired) electrons. The van der Waals surface area contributed by atoms with Crippen LogP contribution in [0.25, 0.3) is 10.6 Å². The number of ether oxygens (including phenoxy) is 2. The average Bonchev–Trinajstić information content (AvgIpc) is 3.65. The molecule has 1 saturated carbocycles. The Hall–Kier alpha value is -3.20. The molecule has 2 N–H and O–H groups in total. The number of hydrogen-bond acceptors (Lipinski definition) is 11. The molecule has 1 aliphatic carbocycles. The summed E-state index contributed by atoms with van der Waals surface area (Å²) < 4.78 is 39.0. The second-order valence-electron chi connectivity index (χ2n) is 9.14.